The largest absolute Gasteiger partial charge is 0.478 e. The first kappa shape index (κ1) is 22.3. The van der Waals surface area contributed by atoms with Crippen molar-refractivity contribution in [2.45, 2.75) is 13.8 Å². The predicted octanol–water partition coefficient (Wildman–Crippen LogP) is 5.69. The molecule has 5 heteroatoms. The summed E-state index contributed by atoms with van der Waals surface area (Å²) in [5, 5.41) is 21.5. The number of benzene rings is 4. The first-order valence-corrected chi connectivity index (χ1v) is 8.82. The molecule has 0 fully saturated rings. The fourth-order valence-electron chi connectivity index (χ4n) is 3.15. The molecule has 0 atom stereocenters. The van der Waals surface area contributed by atoms with Gasteiger partial charge in [0.25, 0.3) is 0 Å². The van der Waals surface area contributed by atoms with Crippen LogP contribution >= 0.6 is 0 Å². The summed E-state index contributed by atoms with van der Waals surface area (Å²) >= 11 is 0. The van der Waals surface area contributed by atoms with Crippen LogP contribution in [0.15, 0.2) is 72.8 Å². The third-order valence-corrected chi connectivity index (χ3v) is 4.54. The molecule has 0 saturated heterocycles. The van der Waals surface area contributed by atoms with Crippen LogP contribution in [-0.4, -0.2) is 22.2 Å². The van der Waals surface area contributed by atoms with Gasteiger partial charge in [-0.1, -0.05) is 71.8 Å². The van der Waals surface area contributed by atoms with E-state index in [2.05, 4.69) is 0 Å². The van der Waals surface area contributed by atoms with Crippen LogP contribution in [-0.2, 0) is 19.5 Å². The zero-order valence-corrected chi connectivity index (χ0v) is 19.3. The molecule has 0 aliphatic rings. The van der Waals surface area contributed by atoms with Crippen molar-refractivity contribution in [1.82, 2.24) is 0 Å². The minimum atomic E-state index is -0.874. The number of aryl methyl sites for hydroxylation is 2. The number of aromatic carboxylic acids is 2. The molecule has 4 nitrogen and oxygen atoms in total. The van der Waals surface area contributed by atoms with Crippen molar-refractivity contribution in [2.75, 3.05) is 0 Å². The second kappa shape index (κ2) is 9.44. The van der Waals surface area contributed by atoms with E-state index in [9.17, 15) is 9.59 Å². The Kier molecular flexibility index (Phi) is 7.25. The zero-order valence-electron chi connectivity index (χ0n) is 16.3. The maximum Gasteiger partial charge on any atom is 0.336 e. The number of rotatable bonds is 2. The Morgan fingerprint density at radius 3 is 1.34 bits per heavy atom. The molecule has 4 aromatic carbocycles. The summed E-state index contributed by atoms with van der Waals surface area (Å²) in [7, 11) is 0. The maximum absolute atomic E-state index is 10.9. The van der Waals surface area contributed by atoms with E-state index in [1.807, 2.05) is 62.4 Å². The SMILES string of the molecule is Cc1ccc2cccc(C(=O)O)c2c1.Cc1ccc2cccc(C(=O)O)c2c1.[Zn]. The van der Waals surface area contributed by atoms with Crippen LogP contribution in [0.4, 0.5) is 0 Å². The molecule has 0 radical (unpaired) electrons. The molecule has 0 aromatic heterocycles. The van der Waals surface area contributed by atoms with E-state index >= 15 is 0 Å². The standard InChI is InChI=1S/2C12H10O2.Zn/c2*1-8-5-6-9-3-2-4-10(12(13)14)11(9)7-8;/h2*2-7H,1H3,(H,13,14);. The van der Waals surface area contributed by atoms with Crippen molar-refractivity contribution in [3.63, 3.8) is 0 Å². The normalized spacial score (nSPS) is 10.0. The van der Waals surface area contributed by atoms with E-state index < -0.39 is 11.9 Å². The molecule has 0 heterocycles. The topological polar surface area (TPSA) is 74.6 Å². The van der Waals surface area contributed by atoms with Gasteiger partial charge in [-0.15, -0.1) is 0 Å². The van der Waals surface area contributed by atoms with Crippen molar-refractivity contribution in [1.29, 1.82) is 0 Å². The average molecular weight is 438 g/mol. The Hall–Kier alpha value is -3.04. The summed E-state index contributed by atoms with van der Waals surface area (Å²) in [6, 6.07) is 22.3. The van der Waals surface area contributed by atoms with E-state index in [-0.39, 0.29) is 19.5 Å². The fourth-order valence-corrected chi connectivity index (χ4v) is 3.15. The second-order valence-corrected chi connectivity index (χ2v) is 6.67. The summed E-state index contributed by atoms with van der Waals surface area (Å²) in [4.78, 5) is 21.9. The van der Waals surface area contributed by atoms with Crippen LogP contribution in [0, 0.1) is 13.8 Å². The molecular formula is C24H20O4Zn. The number of hydrogen-bond acceptors (Lipinski definition) is 2. The Morgan fingerprint density at radius 1 is 0.621 bits per heavy atom. The smallest absolute Gasteiger partial charge is 0.336 e. The van der Waals surface area contributed by atoms with Gasteiger partial charge >= 0.3 is 11.9 Å². The van der Waals surface area contributed by atoms with Gasteiger partial charge in [0.2, 0.25) is 0 Å². The van der Waals surface area contributed by atoms with Crippen molar-refractivity contribution in [3.8, 4) is 0 Å². The quantitative estimate of drug-likeness (QED) is 0.395. The molecule has 29 heavy (non-hydrogen) atoms. The van der Waals surface area contributed by atoms with Crippen LogP contribution in [0.1, 0.15) is 31.8 Å². The molecule has 0 saturated carbocycles. The number of hydrogen-bond donors (Lipinski definition) is 2. The molecule has 142 valence electrons. The van der Waals surface area contributed by atoms with Crippen LogP contribution in [0.25, 0.3) is 21.5 Å². The van der Waals surface area contributed by atoms with Gasteiger partial charge in [0, 0.05) is 19.5 Å². The van der Waals surface area contributed by atoms with E-state index in [1.165, 1.54) is 0 Å². The third-order valence-electron chi connectivity index (χ3n) is 4.54. The van der Waals surface area contributed by atoms with Gasteiger partial charge in [0.1, 0.15) is 0 Å². The molecule has 2 N–H and O–H groups in total. The van der Waals surface area contributed by atoms with Gasteiger partial charge in [-0.2, -0.15) is 0 Å². The summed E-state index contributed by atoms with van der Waals surface area (Å²) < 4.78 is 0. The number of carboxylic acid groups (broad SMARTS) is 2. The Bertz CT molecular complexity index is 1100. The van der Waals surface area contributed by atoms with E-state index in [0.29, 0.717) is 11.1 Å². The Morgan fingerprint density at radius 2 is 1.00 bits per heavy atom. The molecule has 0 aliphatic carbocycles. The van der Waals surface area contributed by atoms with E-state index in [0.717, 1.165) is 32.7 Å². The third kappa shape index (κ3) is 5.07. The molecule has 0 amide bonds. The molecule has 0 unspecified atom stereocenters. The molecular weight excluding hydrogens is 418 g/mol. The predicted molar refractivity (Wildman–Crippen MR) is 111 cm³/mol. The van der Waals surface area contributed by atoms with E-state index in [1.54, 1.807) is 24.3 Å². The van der Waals surface area contributed by atoms with Crippen molar-refractivity contribution in [2.24, 2.45) is 0 Å². The first-order valence-electron chi connectivity index (χ1n) is 8.82. The Labute approximate surface area is 181 Å². The minimum Gasteiger partial charge on any atom is -0.478 e. The molecule has 4 rings (SSSR count). The summed E-state index contributed by atoms with van der Waals surface area (Å²) in [6.45, 7) is 3.91. The van der Waals surface area contributed by atoms with Crippen molar-refractivity contribution < 1.29 is 39.3 Å². The monoisotopic (exact) mass is 436 g/mol. The summed E-state index contributed by atoms with van der Waals surface area (Å²) in [5.41, 5.74) is 2.88. The second-order valence-electron chi connectivity index (χ2n) is 6.67. The fraction of sp³-hybridized carbons (Fsp3) is 0.0833. The van der Waals surface area contributed by atoms with E-state index in [4.69, 9.17) is 10.2 Å². The molecule has 0 bridgehead atoms. The van der Waals surface area contributed by atoms with Crippen LogP contribution in [0.5, 0.6) is 0 Å². The number of carbonyl (C=O) groups is 2. The van der Waals surface area contributed by atoms with Gasteiger partial charge in [-0.3, -0.25) is 0 Å². The zero-order chi connectivity index (χ0) is 20.3. The number of carboxylic acids is 2. The van der Waals surface area contributed by atoms with Gasteiger partial charge in [0.05, 0.1) is 11.1 Å². The van der Waals surface area contributed by atoms with Gasteiger partial charge in [-0.25, -0.2) is 9.59 Å². The molecule has 0 aliphatic heterocycles. The average Bonchev–Trinajstić information content (AvgIpc) is 2.67. The molecule has 4 aromatic rings. The van der Waals surface area contributed by atoms with Crippen LogP contribution in [0.3, 0.4) is 0 Å². The van der Waals surface area contributed by atoms with Crippen LogP contribution in [0.2, 0.25) is 0 Å². The maximum atomic E-state index is 10.9. The Balaban J connectivity index is 0.000000200. The van der Waals surface area contributed by atoms with Crippen LogP contribution < -0.4 is 0 Å². The molecule has 0 spiro atoms. The summed E-state index contributed by atoms with van der Waals surface area (Å²) in [6.07, 6.45) is 0. The van der Waals surface area contributed by atoms with Crippen molar-refractivity contribution >= 4 is 33.5 Å². The summed E-state index contributed by atoms with van der Waals surface area (Å²) in [5.74, 6) is -1.75. The number of fused-ring (bicyclic) bond motifs is 2. The minimum absolute atomic E-state index is 0. The first-order chi connectivity index (χ1) is 13.4. The van der Waals surface area contributed by atoms with Gasteiger partial charge < -0.3 is 10.2 Å². The van der Waals surface area contributed by atoms with Gasteiger partial charge in [-0.05, 0) is 47.5 Å². The van der Waals surface area contributed by atoms with Crippen molar-refractivity contribution in [3.05, 3.63) is 95.1 Å². The van der Waals surface area contributed by atoms with Gasteiger partial charge in [0.15, 0.2) is 0 Å².